The van der Waals surface area contributed by atoms with E-state index < -0.39 is 8.53 Å². The molecule has 5 N–H and O–H groups in total. The quantitative estimate of drug-likeness (QED) is 0.379. The van der Waals surface area contributed by atoms with E-state index in [1.165, 1.54) is 32.4 Å². The first-order valence-corrected chi connectivity index (χ1v) is 4.68. The highest BCUT2D eigenvalue weighted by atomic mass is 31.2. The van der Waals surface area contributed by atoms with E-state index in [0.717, 1.165) is 0 Å². The molecule has 1 aliphatic rings. The maximum absolute atomic E-state index is 7.45. The van der Waals surface area contributed by atoms with E-state index in [4.69, 9.17) is 9.79 Å². The Kier molecular flexibility index (Phi) is 7.58. The molecule has 1 fully saturated rings. The second kappa shape index (κ2) is 7.38. The molecule has 4 nitrogen and oxygen atoms in total. The summed E-state index contributed by atoms with van der Waals surface area (Å²) < 4.78 is 0. The van der Waals surface area contributed by atoms with Gasteiger partial charge in [0, 0.05) is 0 Å². The summed E-state index contributed by atoms with van der Waals surface area (Å²) in [6, 6.07) is 0. The molecule has 1 aliphatic heterocycles. The van der Waals surface area contributed by atoms with Gasteiger partial charge in [-0.2, -0.15) is 0 Å². The van der Waals surface area contributed by atoms with Crippen LogP contribution in [0.15, 0.2) is 0 Å². The topological polar surface area (TPSA) is 78.5 Å². The molecular formula is C5H15N2O2P. The van der Waals surface area contributed by atoms with Gasteiger partial charge in [-0.05, 0) is 25.9 Å². The number of piperidine rings is 1. The Hall–Kier alpha value is 0.270. The minimum atomic E-state index is -2.12. The van der Waals surface area contributed by atoms with E-state index in [-0.39, 0.29) is 0 Å². The molecule has 0 aromatic rings. The van der Waals surface area contributed by atoms with Crippen LogP contribution >= 0.6 is 8.53 Å². The normalized spacial score (nSPS) is 18.0. The van der Waals surface area contributed by atoms with Gasteiger partial charge in [-0.15, -0.1) is 0 Å². The number of hydrogen-bond acceptors (Lipinski definition) is 4. The summed E-state index contributed by atoms with van der Waals surface area (Å²) in [5.74, 6) is 0. The third-order valence-corrected chi connectivity index (χ3v) is 1.21. The smallest absolute Gasteiger partial charge is 0.247 e. The van der Waals surface area contributed by atoms with E-state index in [9.17, 15) is 0 Å². The zero-order chi connectivity index (χ0) is 7.82. The van der Waals surface area contributed by atoms with Crippen molar-refractivity contribution in [3.8, 4) is 0 Å². The molecule has 0 spiro atoms. The predicted molar refractivity (Wildman–Crippen MR) is 42.3 cm³/mol. The van der Waals surface area contributed by atoms with Crippen molar-refractivity contribution in [3.63, 3.8) is 0 Å². The third-order valence-electron chi connectivity index (χ3n) is 1.21. The molecule has 1 saturated heterocycles. The summed E-state index contributed by atoms with van der Waals surface area (Å²) in [5.41, 5.74) is 4.29. The lowest BCUT2D eigenvalue weighted by Crippen LogP contribution is -2.21. The maximum Gasteiger partial charge on any atom is 0.247 e. The second-order valence-corrected chi connectivity index (χ2v) is 2.77. The van der Waals surface area contributed by atoms with Crippen LogP contribution in [0.5, 0.6) is 0 Å². The lowest BCUT2D eigenvalue weighted by atomic mass is 10.2. The van der Waals surface area contributed by atoms with Crippen LogP contribution in [-0.2, 0) is 0 Å². The zero-order valence-corrected chi connectivity index (χ0v) is 6.85. The minimum absolute atomic E-state index is 1.25. The van der Waals surface area contributed by atoms with Gasteiger partial charge in [0.05, 0.1) is 0 Å². The first-order valence-electron chi connectivity index (χ1n) is 3.37. The highest BCUT2D eigenvalue weighted by Crippen LogP contribution is 2.05. The Labute approximate surface area is 62.4 Å². The fourth-order valence-electron chi connectivity index (χ4n) is 0.802. The van der Waals surface area contributed by atoms with Gasteiger partial charge in [-0.25, -0.2) is 0 Å². The van der Waals surface area contributed by atoms with Crippen LogP contribution in [0.3, 0.4) is 0 Å². The van der Waals surface area contributed by atoms with Crippen LogP contribution in [-0.4, -0.2) is 22.9 Å². The highest BCUT2D eigenvalue weighted by molar-refractivity contribution is 7.42. The average molecular weight is 166 g/mol. The van der Waals surface area contributed by atoms with Gasteiger partial charge < -0.3 is 15.1 Å². The Morgan fingerprint density at radius 2 is 1.50 bits per heavy atom. The standard InChI is InChI=1S/C5H11N.H4NO2P/c1-2-4-6-5-3-1;1-4(2)3/h6H,1-5H2;2-3H,1H2. The van der Waals surface area contributed by atoms with Crippen molar-refractivity contribution in [2.45, 2.75) is 19.3 Å². The monoisotopic (exact) mass is 166 g/mol. The zero-order valence-electron chi connectivity index (χ0n) is 5.95. The van der Waals surface area contributed by atoms with Gasteiger partial charge in [0.2, 0.25) is 8.53 Å². The molecule has 0 amide bonds. The molecule has 0 saturated carbocycles. The maximum atomic E-state index is 7.45. The summed E-state index contributed by atoms with van der Waals surface area (Å²) in [5, 5.41) is 3.28. The Balaban J connectivity index is 0.000000180. The fraction of sp³-hybridized carbons (Fsp3) is 1.00. The van der Waals surface area contributed by atoms with Crippen molar-refractivity contribution in [2.75, 3.05) is 13.1 Å². The van der Waals surface area contributed by atoms with E-state index in [1.807, 2.05) is 0 Å². The lowest BCUT2D eigenvalue weighted by Gasteiger charge is -2.08. The van der Waals surface area contributed by atoms with Crippen molar-refractivity contribution >= 4 is 8.53 Å². The summed E-state index contributed by atoms with van der Waals surface area (Å²) in [7, 11) is -2.12. The van der Waals surface area contributed by atoms with E-state index >= 15 is 0 Å². The lowest BCUT2D eigenvalue weighted by molar-refractivity contribution is 0.485. The number of nitrogens with two attached hydrogens (primary N) is 1. The van der Waals surface area contributed by atoms with Crippen LogP contribution in [0.4, 0.5) is 0 Å². The Morgan fingerprint density at radius 1 is 1.10 bits per heavy atom. The van der Waals surface area contributed by atoms with Crippen molar-refractivity contribution in [3.05, 3.63) is 0 Å². The summed E-state index contributed by atoms with van der Waals surface area (Å²) in [4.78, 5) is 14.9. The predicted octanol–water partition coefficient (Wildman–Crippen LogP) is -0.0835. The molecule has 0 radical (unpaired) electrons. The molecular weight excluding hydrogens is 151 g/mol. The Bertz CT molecular complexity index is 54.4. The van der Waals surface area contributed by atoms with Crippen LogP contribution in [0.2, 0.25) is 0 Å². The molecule has 62 valence electrons. The fourth-order valence-corrected chi connectivity index (χ4v) is 0.802. The molecule has 0 atom stereocenters. The van der Waals surface area contributed by atoms with Gasteiger partial charge in [-0.3, -0.25) is 5.50 Å². The number of hydrogen-bond donors (Lipinski definition) is 4. The number of rotatable bonds is 0. The largest absolute Gasteiger partial charge is 0.338 e. The molecule has 5 heteroatoms. The molecule has 1 rings (SSSR count). The SMILES string of the molecule is C1CCNCC1.NP(O)O. The van der Waals surface area contributed by atoms with Gasteiger partial charge in [0.15, 0.2) is 0 Å². The van der Waals surface area contributed by atoms with Crippen LogP contribution in [0.1, 0.15) is 19.3 Å². The molecule has 10 heavy (non-hydrogen) atoms. The van der Waals surface area contributed by atoms with Gasteiger partial charge in [0.1, 0.15) is 0 Å². The Morgan fingerprint density at radius 3 is 1.60 bits per heavy atom. The summed E-state index contributed by atoms with van der Waals surface area (Å²) >= 11 is 0. The van der Waals surface area contributed by atoms with Crippen LogP contribution in [0, 0.1) is 0 Å². The first kappa shape index (κ1) is 10.3. The van der Waals surface area contributed by atoms with E-state index in [2.05, 4.69) is 10.8 Å². The van der Waals surface area contributed by atoms with Gasteiger partial charge >= 0.3 is 0 Å². The van der Waals surface area contributed by atoms with Crippen molar-refractivity contribution < 1.29 is 9.79 Å². The summed E-state index contributed by atoms with van der Waals surface area (Å²) in [6.45, 7) is 2.50. The third kappa shape index (κ3) is 11.1. The van der Waals surface area contributed by atoms with Crippen molar-refractivity contribution in [1.29, 1.82) is 0 Å². The van der Waals surface area contributed by atoms with Crippen molar-refractivity contribution in [2.24, 2.45) is 5.50 Å². The van der Waals surface area contributed by atoms with Crippen LogP contribution < -0.4 is 10.8 Å². The van der Waals surface area contributed by atoms with E-state index in [1.54, 1.807) is 0 Å². The van der Waals surface area contributed by atoms with Crippen molar-refractivity contribution in [1.82, 2.24) is 5.32 Å². The molecule has 0 aliphatic carbocycles. The van der Waals surface area contributed by atoms with Crippen LogP contribution in [0.25, 0.3) is 0 Å². The van der Waals surface area contributed by atoms with E-state index in [0.29, 0.717) is 0 Å². The average Bonchev–Trinajstić information content (AvgIpc) is 1.90. The van der Waals surface area contributed by atoms with Gasteiger partial charge in [-0.1, -0.05) is 6.42 Å². The molecule has 0 aromatic heterocycles. The molecule has 1 heterocycles. The summed E-state index contributed by atoms with van der Waals surface area (Å²) in [6.07, 6.45) is 4.22. The highest BCUT2D eigenvalue weighted by Gasteiger charge is 1.93. The molecule has 0 unspecified atom stereocenters. The minimum Gasteiger partial charge on any atom is -0.338 e. The first-order chi connectivity index (χ1) is 4.73. The second-order valence-electron chi connectivity index (χ2n) is 2.13. The molecule has 0 bridgehead atoms. The number of nitrogens with one attached hydrogen (secondary N) is 1. The van der Waals surface area contributed by atoms with Gasteiger partial charge in [0.25, 0.3) is 0 Å². The molecule has 0 aromatic carbocycles.